The number of rotatable bonds is 14. The first-order valence-electron chi connectivity index (χ1n) is 19.1. The topological polar surface area (TPSA) is 139 Å². The standard InChI is InChI=1S/C47H43N5O7/c1-55-36-20-14-31(15-21-36)26-39(32-10-6-4-7-11-32)46(54)51-44-43-45(49-29-48-44)52(30-50-43)42-27-40(53)41(59-42)28-58-47(33-12-8-5-9-13-33,34-16-22-37(56-2)23-17-34)35-18-24-38(57-3)25-19-35/h4-26,29-30,40-42,53H,27-28H2,1-3H3,(H,48,49,51,54)/b39-26+/t40-,41+,42+/m0/s1. The Labute approximate surface area is 341 Å². The number of nitrogens with zero attached hydrogens (tertiary/aromatic N) is 4. The van der Waals surface area contributed by atoms with Crippen molar-refractivity contribution >= 4 is 34.5 Å². The number of fused-ring (bicyclic) bond motifs is 1. The lowest BCUT2D eigenvalue weighted by Gasteiger charge is -2.37. The van der Waals surface area contributed by atoms with Crippen molar-refractivity contribution in [2.24, 2.45) is 0 Å². The minimum Gasteiger partial charge on any atom is -0.497 e. The molecule has 0 aliphatic carbocycles. The van der Waals surface area contributed by atoms with Gasteiger partial charge in [-0.15, -0.1) is 0 Å². The largest absolute Gasteiger partial charge is 0.497 e. The SMILES string of the molecule is COc1ccc(/C=C(/C(=O)Nc2ncnc3c2ncn3[C@H]2C[C@H](O)[C@@H](COC(c3ccccc3)(c3ccc(OC)cc3)c3ccc(OC)cc3)O2)c2ccccc2)cc1. The summed E-state index contributed by atoms with van der Waals surface area (Å²) in [5.41, 5.74) is 4.31. The van der Waals surface area contributed by atoms with Gasteiger partial charge < -0.3 is 34.1 Å². The molecule has 7 aromatic rings. The summed E-state index contributed by atoms with van der Waals surface area (Å²) in [5.74, 6) is 2.00. The van der Waals surface area contributed by atoms with Crippen LogP contribution in [0.3, 0.4) is 0 Å². The van der Waals surface area contributed by atoms with Crippen LogP contribution in [-0.2, 0) is 19.9 Å². The summed E-state index contributed by atoms with van der Waals surface area (Å²) in [5, 5.41) is 14.5. The zero-order valence-electron chi connectivity index (χ0n) is 32.8. The highest BCUT2D eigenvalue weighted by Crippen LogP contribution is 2.43. The molecule has 3 heterocycles. The number of ether oxygens (including phenoxy) is 5. The van der Waals surface area contributed by atoms with Crippen LogP contribution < -0.4 is 19.5 Å². The normalized spacial score (nSPS) is 16.8. The van der Waals surface area contributed by atoms with Gasteiger partial charge in [0.05, 0.1) is 40.4 Å². The van der Waals surface area contributed by atoms with E-state index in [4.69, 9.17) is 23.7 Å². The molecule has 59 heavy (non-hydrogen) atoms. The van der Waals surface area contributed by atoms with E-state index in [1.54, 1.807) is 32.2 Å². The molecule has 2 N–H and O–H groups in total. The second-order valence-electron chi connectivity index (χ2n) is 13.9. The number of hydrogen-bond donors (Lipinski definition) is 2. The molecule has 1 aliphatic heterocycles. The second-order valence-corrected chi connectivity index (χ2v) is 13.9. The van der Waals surface area contributed by atoms with Gasteiger partial charge in [0.15, 0.2) is 17.0 Å². The van der Waals surface area contributed by atoms with E-state index in [-0.39, 0.29) is 24.8 Å². The first kappa shape index (κ1) is 39.0. The minimum atomic E-state index is -1.09. The van der Waals surface area contributed by atoms with Gasteiger partial charge in [-0.05, 0) is 70.3 Å². The van der Waals surface area contributed by atoms with E-state index in [1.807, 2.05) is 140 Å². The van der Waals surface area contributed by atoms with E-state index in [0.29, 0.717) is 34.0 Å². The summed E-state index contributed by atoms with van der Waals surface area (Å²) in [4.78, 5) is 27.5. The molecule has 1 saturated heterocycles. The van der Waals surface area contributed by atoms with Crippen molar-refractivity contribution in [3.8, 4) is 17.2 Å². The van der Waals surface area contributed by atoms with Crippen LogP contribution in [0.25, 0.3) is 22.8 Å². The fraction of sp³-hybridized carbons (Fsp3) is 0.191. The van der Waals surface area contributed by atoms with Crippen LogP contribution in [0.15, 0.2) is 146 Å². The maximum absolute atomic E-state index is 14.0. The summed E-state index contributed by atoms with van der Waals surface area (Å²) in [7, 11) is 4.87. The summed E-state index contributed by atoms with van der Waals surface area (Å²) >= 11 is 0. The van der Waals surface area contributed by atoms with Crippen LogP contribution in [0.4, 0.5) is 5.82 Å². The zero-order chi connectivity index (χ0) is 40.8. The number of aliphatic hydroxyl groups is 1. The van der Waals surface area contributed by atoms with Gasteiger partial charge in [-0.3, -0.25) is 9.36 Å². The number of benzene rings is 5. The van der Waals surface area contributed by atoms with Crippen molar-refractivity contribution in [2.45, 2.75) is 30.5 Å². The Balaban J connectivity index is 1.06. The minimum absolute atomic E-state index is 0.0380. The first-order chi connectivity index (χ1) is 28.9. The number of carbonyl (C=O) groups excluding carboxylic acids is 1. The van der Waals surface area contributed by atoms with Gasteiger partial charge in [0.25, 0.3) is 5.91 Å². The molecule has 0 bridgehead atoms. The van der Waals surface area contributed by atoms with Gasteiger partial charge in [0.2, 0.25) is 0 Å². The van der Waals surface area contributed by atoms with Gasteiger partial charge in [-0.1, -0.05) is 97.1 Å². The molecule has 0 spiro atoms. The van der Waals surface area contributed by atoms with Crippen molar-refractivity contribution in [2.75, 3.05) is 33.3 Å². The Hall–Kier alpha value is -6.86. The Morgan fingerprint density at radius 3 is 1.92 bits per heavy atom. The molecule has 5 aromatic carbocycles. The van der Waals surface area contributed by atoms with Crippen LogP contribution in [0.5, 0.6) is 17.2 Å². The van der Waals surface area contributed by atoms with Crippen LogP contribution in [0.2, 0.25) is 0 Å². The van der Waals surface area contributed by atoms with E-state index < -0.39 is 24.0 Å². The quantitative estimate of drug-likeness (QED) is 0.0641. The Bertz CT molecular complexity index is 2480. The van der Waals surface area contributed by atoms with Crippen molar-refractivity contribution in [1.82, 2.24) is 19.5 Å². The molecule has 1 fully saturated rings. The highest BCUT2D eigenvalue weighted by atomic mass is 16.6. The van der Waals surface area contributed by atoms with Crippen molar-refractivity contribution in [1.29, 1.82) is 0 Å². The zero-order valence-corrected chi connectivity index (χ0v) is 32.8. The third-order valence-electron chi connectivity index (χ3n) is 10.5. The summed E-state index contributed by atoms with van der Waals surface area (Å²) < 4.78 is 31.6. The summed E-state index contributed by atoms with van der Waals surface area (Å²) in [6, 6.07) is 42.3. The number of carbonyl (C=O) groups is 1. The Morgan fingerprint density at radius 2 is 1.32 bits per heavy atom. The number of imidazole rings is 1. The molecule has 298 valence electrons. The smallest absolute Gasteiger partial charge is 0.257 e. The van der Waals surface area contributed by atoms with Crippen molar-refractivity contribution in [3.05, 3.63) is 174 Å². The lowest BCUT2D eigenvalue weighted by molar-refractivity contribution is -0.111. The van der Waals surface area contributed by atoms with Crippen LogP contribution in [0, 0.1) is 0 Å². The number of aliphatic hydroxyl groups excluding tert-OH is 1. The molecule has 0 saturated carbocycles. The fourth-order valence-electron chi connectivity index (χ4n) is 7.41. The molecule has 12 nitrogen and oxygen atoms in total. The Kier molecular flexibility index (Phi) is 11.4. The molecule has 1 aliphatic rings. The molecule has 12 heteroatoms. The maximum Gasteiger partial charge on any atom is 0.257 e. The molecular weight excluding hydrogens is 747 g/mol. The van der Waals surface area contributed by atoms with Crippen molar-refractivity contribution in [3.63, 3.8) is 0 Å². The van der Waals surface area contributed by atoms with Gasteiger partial charge in [0, 0.05) is 12.0 Å². The lowest BCUT2D eigenvalue weighted by Crippen LogP contribution is -2.38. The second kappa shape index (κ2) is 17.3. The number of methoxy groups -OCH3 is 3. The molecule has 0 radical (unpaired) electrons. The third-order valence-corrected chi connectivity index (χ3v) is 10.5. The van der Waals surface area contributed by atoms with Gasteiger partial charge >= 0.3 is 0 Å². The molecule has 1 amide bonds. The highest BCUT2D eigenvalue weighted by Gasteiger charge is 2.42. The van der Waals surface area contributed by atoms with Crippen LogP contribution in [0.1, 0.15) is 40.5 Å². The van der Waals surface area contributed by atoms with Crippen LogP contribution in [-0.4, -0.2) is 70.7 Å². The average Bonchev–Trinajstić information content (AvgIpc) is 3.90. The number of amides is 1. The molecular formula is C47H43N5O7. The van der Waals surface area contributed by atoms with E-state index in [0.717, 1.165) is 27.8 Å². The lowest BCUT2D eigenvalue weighted by atomic mass is 9.80. The maximum atomic E-state index is 14.0. The van der Waals surface area contributed by atoms with E-state index in [9.17, 15) is 9.90 Å². The molecule has 2 aromatic heterocycles. The summed E-state index contributed by atoms with van der Waals surface area (Å²) in [6.07, 6.45) is 2.79. The number of hydrogen-bond acceptors (Lipinski definition) is 10. The predicted molar refractivity (Wildman–Crippen MR) is 224 cm³/mol. The molecule has 8 rings (SSSR count). The number of anilines is 1. The molecule has 0 unspecified atom stereocenters. The van der Waals surface area contributed by atoms with Crippen LogP contribution >= 0.6 is 0 Å². The Morgan fingerprint density at radius 1 is 0.763 bits per heavy atom. The highest BCUT2D eigenvalue weighted by molar-refractivity contribution is 6.29. The van der Waals surface area contributed by atoms with E-state index in [1.165, 1.54) is 6.33 Å². The number of aromatic nitrogens is 4. The first-order valence-corrected chi connectivity index (χ1v) is 19.1. The molecule has 3 atom stereocenters. The van der Waals surface area contributed by atoms with Crippen molar-refractivity contribution < 1.29 is 33.6 Å². The summed E-state index contributed by atoms with van der Waals surface area (Å²) in [6.45, 7) is 0.0380. The van der Waals surface area contributed by atoms with Gasteiger partial charge in [0.1, 0.15) is 41.5 Å². The third kappa shape index (κ3) is 8.01. The van der Waals surface area contributed by atoms with Gasteiger partial charge in [-0.25, -0.2) is 15.0 Å². The predicted octanol–water partition coefficient (Wildman–Crippen LogP) is 7.69. The van der Waals surface area contributed by atoms with E-state index in [2.05, 4.69) is 20.3 Å². The fourth-order valence-corrected chi connectivity index (χ4v) is 7.41. The number of nitrogens with one attached hydrogen (secondary N) is 1. The average molecular weight is 790 g/mol. The monoisotopic (exact) mass is 789 g/mol. The van der Waals surface area contributed by atoms with Gasteiger partial charge in [-0.2, -0.15) is 0 Å². The van der Waals surface area contributed by atoms with E-state index >= 15 is 0 Å².